The Morgan fingerprint density at radius 2 is 1.77 bits per heavy atom. The lowest BCUT2D eigenvalue weighted by atomic mass is 9.82. The number of benzene rings is 1. The Bertz CT molecular complexity index is 1400. The van der Waals surface area contributed by atoms with Crippen LogP contribution in [0.15, 0.2) is 60.9 Å². The number of aromatic amines is 2. The molecular weight excluding hydrogens is 374 g/mol. The summed E-state index contributed by atoms with van der Waals surface area (Å²) in [5, 5.41) is 8.40. The smallest absolute Gasteiger partial charge is 0.192 e. The van der Waals surface area contributed by atoms with E-state index in [-0.39, 0.29) is 5.78 Å². The van der Waals surface area contributed by atoms with Gasteiger partial charge in [0.1, 0.15) is 5.69 Å². The van der Waals surface area contributed by atoms with E-state index in [0.29, 0.717) is 5.69 Å². The lowest BCUT2D eigenvalue weighted by Gasteiger charge is -2.21. The Morgan fingerprint density at radius 1 is 0.967 bits per heavy atom. The molecule has 0 aliphatic carbocycles. The first-order valence-electron chi connectivity index (χ1n) is 9.84. The summed E-state index contributed by atoms with van der Waals surface area (Å²) in [5.41, 5.74) is 5.08. The van der Waals surface area contributed by atoms with Gasteiger partial charge in [-0.25, -0.2) is 4.98 Å². The number of carbonyl (C=O) groups excluding carboxylic acids is 1. The Hall–Kier alpha value is -3.80. The third-order valence-corrected chi connectivity index (χ3v) is 5.59. The molecule has 0 fully saturated rings. The van der Waals surface area contributed by atoms with Crippen LogP contribution in [0.25, 0.3) is 33.1 Å². The zero-order valence-corrected chi connectivity index (χ0v) is 17.0. The molecule has 0 radical (unpaired) electrons. The number of hydrogen-bond donors (Lipinski definition) is 2. The highest BCUT2D eigenvalue weighted by molar-refractivity contribution is 6.08. The van der Waals surface area contributed by atoms with Crippen LogP contribution in [0.1, 0.15) is 35.7 Å². The number of fused-ring (bicyclic) bond motifs is 2. The maximum Gasteiger partial charge on any atom is 0.192 e. The molecule has 5 aromatic rings. The second-order valence-electron chi connectivity index (χ2n) is 8.08. The standard InChI is InChI=1S/C24H21N5O/c1-14-5-4-6-21(26-14)24(2,3)23(30)20-12-16-11-17-19(13-18(16)27-20)28-29-22(17)15-7-9-25-10-8-15/h4-13,28-29H,1-3H3. The van der Waals surface area contributed by atoms with Crippen LogP contribution >= 0.6 is 0 Å². The molecule has 6 nitrogen and oxygen atoms in total. The second-order valence-corrected chi connectivity index (χ2v) is 8.08. The summed E-state index contributed by atoms with van der Waals surface area (Å²) < 4.78 is 0. The monoisotopic (exact) mass is 395 g/mol. The number of ketones is 1. The minimum absolute atomic E-state index is 0.0404. The largest absolute Gasteiger partial charge is 0.300 e. The lowest BCUT2D eigenvalue weighted by Crippen LogP contribution is -2.30. The summed E-state index contributed by atoms with van der Waals surface area (Å²) in [7, 11) is 0. The van der Waals surface area contributed by atoms with Gasteiger partial charge in [0.25, 0.3) is 0 Å². The molecule has 1 aromatic carbocycles. The zero-order chi connectivity index (χ0) is 20.9. The maximum absolute atomic E-state index is 13.3. The molecular formula is C24H21N5O. The number of nitrogens with one attached hydrogen (secondary N) is 2. The van der Waals surface area contributed by atoms with E-state index < -0.39 is 5.41 Å². The summed E-state index contributed by atoms with van der Waals surface area (Å²) >= 11 is 0. The molecule has 148 valence electrons. The fraction of sp³-hybridized carbons (Fsp3) is 0.167. The number of Topliss-reactive ketones (excluding diaryl/α,β-unsaturated/α-hetero) is 1. The zero-order valence-electron chi connectivity index (χ0n) is 17.0. The van der Waals surface area contributed by atoms with E-state index in [1.165, 1.54) is 0 Å². The van der Waals surface area contributed by atoms with E-state index in [1.807, 2.05) is 63.2 Å². The fourth-order valence-electron chi connectivity index (χ4n) is 3.82. The fourth-order valence-corrected chi connectivity index (χ4v) is 3.82. The summed E-state index contributed by atoms with van der Waals surface area (Å²) in [6.07, 6.45) is 3.53. The van der Waals surface area contributed by atoms with Gasteiger partial charge in [0.15, 0.2) is 5.78 Å². The summed E-state index contributed by atoms with van der Waals surface area (Å²) in [6, 6.07) is 15.6. The number of carbonyl (C=O) groups is 1. The highest BCUT2D eigenvalue weighted by Gasteiger charge is 2.33. The Morgan fingerprint density at radius 3 is 2.53 bits per heavy atom. The van der Waals surface area contributed by atoms with Gasteiger partial charge in [-0.2, -0.15) is 0 Å². The molecule has 4 aromatic heterocycles. The molecule has 30 heavy (non-hydrogen) atoms. The number of rotatable bonds is 4. The molecule has 2 N–H and O–H groups in total. The molecule has 0 saturated carbocycles. The molecule has 0 unspecified atom stereocenters. The molecule has 5 rings (SSSR count). The van der Waals surface area contributed by atoms with Gasteiger partial charge in [0, 0.05) is 34.4 Å². The molecule has 0 saturated heterocycles. The third-order valence-electron chi connectivity index (χ3n) is 5.59. The summed E-state index contributed by atoms with van der Waals surface area (Å²) in [5.74, 6) is -0.0404. The van der Waals surface area contributed by atoms with Crippen molar-refractivity contribution in [3.05, 3.63) is 78.0 Å². The summed E-state index contributed by atoms with van der Waals surface area (Å²) in [4.78, 5) is 26.6. The third kappa shape index (κ3) is 2.88. The average molecular weight is 395 g/mol. The maximum atomic E-state index is 13.3. The van der Waals surface area contributed by atoms with Gasteiger partial charge in [0.2, 0.25) is 0 Å². The highest BCUT2D eigenvalue weighted by atomic mass is 16.1. The van der Waals surface area contributed by atoms with Crippen molar-refractivity contribution in [1.29, 1.82) is 0 Å². The highest BCUT2D eigenvalue weighted by Crippen LogP contribution is 2.32. The van der Waals surface area contributed by atoms with Crippen LogP contribution in [-0.4, -0.2) is 30.9 Å². The normalized spacial score (nSPS) is 12.0. The minimum Gasteiger partial charge on any atom is -0.300 e. The van der Waals surface area contributed by atoms with Crippen molar-refractivity contribution in [3.8, 4) is 11.3 Å². The molecule has 0 amide bonds. The van der Waals surface area contributed by atoms with Gasteiger partial charge in [-0.1, -0.05) is 6.07 Å². The lowest BCUT2D eigenvalue weighted by molar-refractivity contribution is 0.0901. The van der Waals surface area contributed by atoms with Crippen LogP contribution in [0.2, 0.25) is 0 Å². The van der Waals surface area contributed by atoms with Crippen molar-refractivity contribution in [2.24, 2.45) is 0 Å². The number of hydrogen-bond acceptors (Lipinski definition) is 4. The number of aryl methyl sites for hydroxylation is 1. The summed E-state index contributed by atoms with van der Waals surface area (Å²) in [6.45, 7) is 5.73. The first-order chi connectivity index (χ1) is 14.4. The van der Waals surface area contributed by atoms with E-state index in [1.54, 1.807) is 12.4 Å². The van der Waals surface area contributed by atoms with E-state index in [9.17, 15) is 4.79 Å². The van der Waals surface area contributed by atoms with Crippen LogP contribution in [0.5, 0.6) is 0 Å². The van der Waals surface area contributed by atoms with Crippen LogP contribution < -0.4 is 0 Å². The van der Waals surface area contributed by atoms with Crippen LogP contribution in [0.3, 0.4) is 0 Å². The van der Waals surface area contributed by atoms with E-state index in [0.717, 1.165) is 44.5 Å². The number of H-pyrrole nitrogens is 2. The second kappa shape index (κ2) is 6.62. The minimum atomic E-state index is -0.764. The topological polar surface area (TPSA) is 87.3 Å². The number of pyridine rings is 2. The van der Waals surface area contributed by atoms with Crippen molar-refractivity contribution in [3.63, 3.8) is 0 Å². The van der Waals surface area contributed by atoms with Crippen molar-refractivity contribution in [2.45, 2.75) is 26.2 Å². The van der Waals surface area contributed by atoms with Crippen molar-refractivity contribution in [1.82, 2.24) is 25.1 Å². The SMILES string of the molecule is Cc1cccc(C(C)(C)C(=O)c2cc3cc4c(-c5ccncc5)[nH][nH]c4cc3n2)n1. The van der Waals surface area contributed by atoms with Gasteiger partial charge in [-0.3, -0.25) is 19.9 Å². The molecule has 6 heteroatoms. The first kappa shape index (κ1) is 18.2. The predicted octanol–water partition coefficient (Wildman–Crippen LogP) is 4.97. The number of nitrogens with zero attached hydrogens (tertiary/aromatic N) is 3. The van der Waals surface area contributed by atoms with Gasteiger partial charge in [-0.05, 0) is 63.2 Å². The molecule has 0 bridgehead atoms. The van der Waals surface area contributed by atoms with Crippen LogP contribution in [0, 0.1) is 6.92 Å². The van der Waals surface area contributed by atoms with Gasteiger partial charge in [0.05, 0.1) is 27.8 Å². The molecule has 0 aliphatic heterocycles. The quantitative estimate of drug-likeness (QED) is 0.421. The first-order valence-corrected chi connectivity index (χ1v) is 9.84. The van der Waals surface area contributed by atoms with Crippen molar-refractivity contribution >= 4 is 27.6 Å². The Labute approximate surface area is 173 Å². The molecule has 0 spiro atoms. The van der Waals surface area contributed by atoms with Crippen LogP contribution in [0.4, 0.5) is 0 Å². The van der Waals surface area contributed by atoms with Gasteiger partial charge < -0.3 is 5.10 Å². The van der Waals surface area contributed by atoms with E-state index in [4.69, 9.17) is 0 Å². The number of aromatic nitrogens is 5. The predicted molar refractivity (Wildman–Crippen MR) is 118 cm³/mol. The van der Waals surface area contributed by atoms with Crippen molar-refractivity contribution < 1.29 is 4.79 Å². The van der Waals surface area contributed by atoms with Gasteiger partial charge in [-0.15, -0.1) is 0 Å². The Balaban J connectivity index is 1.59. The average Bonchev–Trinajstić information content (AvgIpc) is 3.35. The van der Waals surface area contributed by atoms with Crippen molar-refractivity contribution in [2.75, 3.05) is 0 Å². The van der Waals surface area contributed by atoms with E-state index >= 15 is 0 Å². The van der Waals surface area contributed by atoms with Gasteiger partial charge >= 0.3 is 0 Å². The molecule has 0 aliphatic rings. The molecule has 0 atom stereocenters. The van der Waals surface area contributed by atoms with E-state index in [2.05, 4.69) is 31.2 Å². The van der Waals surface area contributed by atoms with Crippen LogP contribution in [-0.2, 0) is 5.41 Å². The Kier molecular flexibility index (Phi) is 4.03. The molecule has 4 heterocycles.